The lowest BCUT2D eigenvalue weighted by atomic mass is 10.2. The van der Waals surface area contributed by atoms with Gasteiger partial charge in [-0.25, -0.2) is 9.67 Å². The van der Waals surface area contributed by atoms with E-state index in [4.69, 9.17) is 9.73 Å². The maximum absolute atomic E-state index is 11.2. The molecular weight excluding hydrogens is 543 g/mol. The van der Waals surface area contributed by atoms with Crippen LogP contribution in [0, 0.1) is 13.8 Å². The highest BCUT2D eigenvalue weighted by atomic mass is 127. The molecule has 1 amide bonds. The summed E-state index contributed by atoms with van der Waals surface area (Å²) in [6.45, 7) is 9.87. The number of nitrogens with one attached hydrogen (secondary N) is 3. The lowest BCUT2D eigenvalue weighted by Crippen LogP contribution is -2.39. The maximum Gasteiger partial charge on any atom is 0.221 e. The van der Waals surface area contributed by atoms with Gasteiger partial charge in [-0.1, -0.05) is 24.3 Å². The van der Waals surface area contributed by atoms with Crippen LogP contribution in [0.15, 0.2) is 59.6 Å². The highest BCUT2D eigenvalue weighted by Gasteiger charge is 2.09. The molecule has 8 nitrogen and oxygen atoms in total. The number of aryl methyl sites for hydroxylation is 2. The van der Waals surface area contributed by atoms with E-state index >= 15 is 0 Å². The highest BCUT2D eigenvalue weighted by molar-refractivity contribution is 14.0. The molecule has 3 aromatic rings. The first-order valence-corrected chi connectivity index (χ1v) is 11.1. The van der Waals surface area contributed by atoms with Gasteiger partial charge < -0.3 is 20.7 Å². The van der Waals surface area contributed by atoms with Crippen molar-refractivity contribution in [2.75, 3.05) is 25.0 Å². The summed E-state index contributed by atoms with van der Waals surface area (Å²) in [6, 6.07) is 17.6. The Labute approximate surface area is 218 Å². The van der Waals surface area contributed by atoms with E-state index in [0.717, 1.165) is 35.1 Å². The molecule has 0 saturated carbocycles. The smallest absolute Gasteiger partial charge is 0.221 e. The molecule has 9 heteroatoms. The number of aromatic nitrogens is 2. The monoisotopic (exact) mass is 576 g/mol. The van der Waals surface area contributed by atoms with Crippen molar-refractivity contribution in [1.29, 1.82) is 0 Å². The summed E-state index contributed by atoms with van der Waals surface area (Å²) in [7, 11) is 0. The van der Waals surface area contributed by atoms with Crippen LogP contribution in [-0.4, -0.2) is 41.3 Å². The predicted molar refractivity (Wildman–Crippen MR) is 148 cm³/mol. The second kappa shape index (κ2) is 13.6. The largest absolute Gasteiger partial charge is 0.492 e. The number of benzene rings is 2. The number of hydrogen-bond acceptors (Lipinski definition) is 4. The second-order valence-corrected chi connectivity index (χ2v) is 7.65. The van der Waals surface area contributed by atoms with Crippen LogP contribution in [0.2, 0.25) is 0 Å². The minimum atomic E-state index is -0.111. The van der Waals surface area contributed by atoms with E-state index in [0.29, 0.717) is 31.1 Å². The van der Waals surface area contributed by atoms with Crippen LogP contribution < -0.4 is 20.7 Å². The zero-order chi connectivity index (χ0) is 23.6. The molecule has 0 saturated heterocycles. The van der Waals surface area contributed by atoms with Crippen molar-refractivity contribution in [3.05, 3.63) is 71.5 Å². The predicted octanol–water partition coefficient (Wildman–Crippen LogP) is 4.20. The summed E-state index contributed by atoms with van der Waals surface area (Å²) >= 11 is 0. The number of carbonyl (C=O) groups is 1. The van der Waals surface area contributed by atoms with Crippen molar-refractivity contribution in [2.45, 2.75) is 34.2 Å². The van der Waals surface area contributed by atoms with E-state index in [2.05, 4.69) is 46.2 Å². The molecule has 0 aliphatic carbocycles. The third-order valence-electron chi connectivity index (χ3n) is 4.80. The van der Waals surface area contributed by atoms with Gasteiger partial charge in [-0.15, -0.1) is 24.0 Å². The van der Waals surface area contributed by atoms with Crippen molar-refractivity contribution in [2.24, 2.45) is 4.99 Å². The first kappa shape index (κ1) is 27.2. The molecule has 0 bridgehead atoms. The van der Waals surface area contributed by atoms with Crippen molar-refractivity contribution in [3.8, 4) is 11.4 Å². The SMILES string of the molecule is CCNC(=NCc1ccccc1-n1nc(C)cc1C)NCCOc1cccc(NC(C)=O)c1.I. The van der Waals surface area contributed by atoms with Crippen LogP contribution in [0.25, 0.3) is 5.69 Å². The molecule has 182 valence electrons. The van der Waals surface area contributed by atoms with E-state index in [-0.39, 0.29) is 29.9 Å². The van der Waals surface area contributed by atoms with E-state index in [1.807, 2.05) is 48.9 Å². The van der Waals surface area contributed by atoms with Gasteiger partial charge in [-0.05, 0) is 50.6 Å². The first-order chi connectivity index (χ1) is 16.0. The average Bonchev–Trinajstić information content (AvgIpc) is 3.12. The lowest BCUT2D eigenvalue weighted by molar-refractivity contribution is -0.114. The Balaban J connectivity index is 0.00000408. The van der Waals surface area contributed by atoms with Gasteiger partial charge in [-0.2, -0.15) is 5.10 Å². The van der Waals surface area contributed by atoms with Crippen molar-refractivity contribution in [3.63, 3.8) is 0 Å². The first-order valence-electron chi connectivity index (χ1n) is 11.1. The van der Waals surface area contributed by atoms with Gasteiger partial charge in [0.25, 0.3) is 0 Å². The number of hydrogen-bond donors (Lipinski definition) is 3. The molecule has 0 aliphatic rings. The fourth-order valence-electron chi connectivity index (χ4n) is 3.44. The topological polar surface area (TPSA) is 92.6 Å². The Morgan fingerprint density at radius 1 is 1.09 bits per heavy atom. The molecule has 34 heavy (non-hydrogen) atoms. The minimum Gasteiger partial charge on any atom is -0.492 e. The van der Waals surface area contributed by atoms with Crippen LogP contribution in [0.3, 0.4) is 0 Å². The molecule has 0 radical (unpaired) electrons. The van der Waals surface area contributed by atoms with E-state index in [1.54, 1.807) is 6.07 Å². The third-order valence-corrected chi connectivity index (χ3v) is 4.80. The number of nitrogens with zero attached hydrogens (tertiary/aromatic N) is 3. The van der Waals surface area contributed by atoms with Gasteiger partial charge in [0.15, 0.2) is 5.96 Å². The van der Waals surface area contributed by atoms with Gasteiger partial charge in [0.05, 0.1) is 24.5 Å². The fraction of sp³-hybridized carbons (Fsp3) is 0.320. The van der Waals surface area contributed by atoms with Gasteiger partial charge in [0.2, 0.25) is 5.91 Å². The standard InChI is InChI=1S/C25H32N6O2.HI/c1-5-26-25(27-13-14-33-23-11-8-10-22(16-23)29-20(4)32)28-17-21-9-6-7-12-24(21)31-19(3)15-18(2)30-31;/h6-12,15-16H,5,13-14,17H2,1-4H3,(H,29,32)(H2,26,27,28);1H. The highest BCUT2D eigenvalue weighted by Crippen LogP contribution is 2.18. The number of amides is 1. The Kier molecular flexibility index (Phi) is 10.9. The van der Waals surface area contributed by atoms with E-state index < -0.39 is 0 Å². The number of aliphatic imine (C=N–C) groups is 1. The fourth-order valence-corrected chi connectivity index (χ4v) is 3.44. The summed E-state index contributed by atoms with van der Waals surface area (Å²) in [6.07, 6.45) is 0. The van der Waals surface area contributed by atoms with Crippen molar-refractivity contribution >= 4 is 41.5 Å². The van der Waals surface area contributed by atoms with Crippen LogP contribution in [0.5, 0.6) is 5.75 Å². The molecule has 0 aliphatic heterocycles. The summed E-state index contributed by atoms with van der Waals surface area (Å²) in [5, 5.41) is 13.9. The van der Waals surface area contributed by atoms with Gasteiger partial charge in [0, 0.05) is 30.9 Å². The molecule has 3 N–H and O–H groups in total. The lowest BCUT2D eigenvalue weighted by Gasteiger charge is -2.14. The number of carbonyl (C=O) groups excluding carboxylic acids is 1. The van der Waals surface area contributed by atoms with Crippen molar-refractivity contribution in [1.82, 2.24) is 20.4 Å². The molecular formula is C25H33IN6O2. The third kappa shape index (κ3) is 8.05. The van der Waals surface area contributed by atoms with Crippen LogP contribution in [0.1, 0.15) is 30.8 Å². The van der Waals surface area contributed by atoms with Crippen LogP contribution >= 0.6 is 24.0 Å². The Bertz CT molecular complexity index is 1110. The molecule has 1 heterocycles. The molecule has 0 spiro atoms. The Morgan fingerprint density at radius 3 is 2.59 bits per heavy atom. The summed E-state index contributed by atoms with van der Waals surface area (Å²) < 4.78 is 7.77. The van der Waals surface area contributed by atoms with Gasteiger partial charge in [0.1, 0.15) is 12.4 Å². The number of halogens is 1. The van der Waals surface area contributed by atoms with Crippen LogP contribution in [-0.2, 0) is 11.3 Å². The zero-order valence-corrected chi connectivity index (χ0v) is 22.4. The second-order valence-electron chi connectivity index (χ2n) is 7.65. The zero-order valence-electron chi connectivity index (χ0n) is 20.1. The molecule has 0 atom stereocenters. The van der Waals surface area contributed by atoms with E-state index in [9.17, 15) is 4.79 Å². The molecule has 3 rings (SSSR count). The summed E-state index contributed by atoms with van der Waals surface area (Å²) in [4.78, 5) is 16.0. The average molecular weight is 576 g/mol. The summed E-state index contributed by atoms with van der Waals surface area (Å²) in [5.74, 6) is 1.31. The number of para-hydroxylation sites is 1. The summed E-state index contributed by atoms with van der Waals surface area (Å²) in [5.41, 5.74) is 4.92. The maximum atomic E-state index is 11.2. The molecule has 1 aromatic heterocycles. The molecule has 2 aromatic carbocycles. The quantitative estimate of drug-likeness (QED) is 0.154. The number of guanidine groups is 1. The van der Waals surface area contributed by atoms with Gasteiger partial charge in [-0.3, -0.25) is 4.79 Å². The Hall–Kier alpha value is -3.08. The van der Waals surface area contributed by atoms with Crippen molar-refractivity contribution < 1.29 is 9.53 Å². The number of anilines is 1. The van der Waals surface area contributed by atoms with Gasteiger partial charge >= 0.3 is 0 Å². The number of ether oxygens (including phenoxy) is 1. The van der Waals surface area contributed by atoms with E-state index in [1.165, 1.54) is 6.92 Å². The normalized spacial score (nSPS) is 10.9. The Morgan fingerprint density at radius 2 is 1.88 bits per heavy atom. The molecule has 0 unspecified atom stereocenters. The number of rotatable bonds is 9. The molecule has 0 fully saturated rings. The van der Waals surface area contributed by atoms with Crippen LogP contribution in [0.4, 0.5) is 5.69 Å². The minimum absolute atomic E-state index is 0.